The Morgan fingerprint density at radius 1 is 1.59 bits per heavy atom. The van der Waals surface area contributed by atoms with Crippen LogP contribution in [-0.4, -0.2) is 33.3 Å². The number of hydrogen-bond acceptors (Lipinski definition) is 4. The van der Waals surface area contributed by atoms with Crippen molar-refractivity contribution < 1.29 is 5.11 Å². The van der Waals surface area contributed by atoms with Gasteiger partial charge in [0, 0.05) is 0 Å². The molecular weight excluding hydrogens is 242 g/mol. The molecular formula is C11H16ClN3O2. The average molecular weight is 258 g/mol. The van der Waals surface area contributed by atoms with Gasteiger partial charge < -0.3 is 10.4 Å². The molecule has 2 N–H and O–H groups in total. The fraction of sp³-hybridized carbons (Fsp3) is 0.636. The molecule has 1 aromatic rings. The van der Waals surface area contributed by atoms with E-state index in [0.29, 0.717) is 18.4 Å². The van der Waals surface area contributed by atoms with Gasteiger partial charge in [0.2, 0.25) is 0 Å². The molecule has 17 heavy (non-hydrogen) atoms. The number of rotatable bonds is 2. The quantitative estimate of drug-likeness (QED) is 0.749. The summed E-state index contributed by atoms with van der Waals surface area (Å²) in [6.07, 6.45) is 2.68. The van der Waals surface area contributed by atoms with Crippen LogP contribution in [0.4, 0.5) is 0 Å². The maximum absolute atomic E-state index is 11.9. The first-order chi connectivity index (χ1) is 8.02. The molecule has 1 aliphatic rings. The molecule has 1 fully saturated rings. The first-order valence-corrected chi connectivity index (χ1v) is 6.04. The molecule has 0 aliphatic carbocycles. The Labute approximate surface area is 104 Å². The zero-order chi connectivity index (χ0) is 12.5. The van der Waals surface area contributed by atoms with E-state index < -0.39 is 5.60 Å². The first-order valence-electron chi connectivity index (χ1n) is 5.66. The van der Waals surface area contributed by atoms with Crippen molar-refractivity contribution in [3.63, 3.8) is 0 Å². The van der Waals surface area contributed by atoms with E-state index in [1.54, 1.807) is 6.92 Å². The Balaban J connectivity index is 2.24. The molecule has 6 heteroatoms. The summed E-state index contributed by atoms with van der Waals surface area (Å²) in [5.41, 5.74) is -0.583. The topological polar surface area (TPSA) is 67.2 Å². The van der Waals surface area contributed by atoms with Gasteiger partial charge in [-0.1, -0.05) is 11.6 Å². The highest BCUT2D eigenvalue weighted by atomic mass is 35.5. The Kier molecular flexibility index (Phi) is 3.51. The van der Waals surface area contributed by atoms with E-state index in [4.69, 9.17) is 11.6 Å². The zero-order valence-corrected chi connectivity index (χ0v) is 10.5. The number of nitrogens with one attached hydrogen (secondary N) is 1. The normalized spacial score (nSPS) is 19.2. The van der Waals surface area contributed by atoms with Crippen molar-refractivity contribution in [1.82, 2.24) is 14.9 Å². The van der Waals surface area contributed by atoms with Crippen molar-refractivity contribution in [2.75, 3.05) is 13.1 Å². The van der Waals surface area contributed by atoms with E-state index >= 15 is 0 Å². The Morgan fingerprint density at radius 3 is 2.88 bits per heavy atom. The van der Waals surface area contributed by atoms with Gasteiger partial charge in [-0.3, -0.25) is 9.36 Å². The van der Waals surface area contributed by atoms with Crippen LogP contribution in [0, 0.1) is 6.92 Å². The molecule has 5 nitrogen and oxygen atoms in total. The molecule has 1 aliphatic heterocycles. The van der Waals surface area contributed by atoms with Crippen molar-refractivity contribution in [3.05, 3.63) is 27.4 Å². The van der Waals surface area contributed by atoms with Gasteiger partial charge in [-0.05, 0) is 32.9 Å². The number of hydrogen-bond donors (Lipinski definition) is 2. The molecule has 0 unspecified atom stereocenters. The maximum Gasteiger partial charge on any atom is 0.257 e. The monoisotopic (exact) mass is 257 g/mol. The summed E-state index contributed by atoms with van der Waals surface area (Å²) in [5.74, 6) is 0. The Bertz CT molecular complexity index is 466. The van der Waals surface area contributed by atoms with Gasteiger partial charge >= 0.3 is 0 Å². The number of aliphatic hydroxyl groups is 1. The van der Waals surface area contributed by atoms with Crippen LogP contribution in [0.2, 0.25) is 5.15 Å². The molecule has 0 spiro atoms. The first kappa shape index (κ1) is 12.5. The summed E-state index contributed by atoms with van der Waals surface area (Å²) in [4.78, 5) is 15.9. The van der Waals surface area contributed by atoms with Crippen molar-refractivity contribution in [2.45, 2.75) is 31.9 Å². The number of halogens is 1. The molecule has 0 atom stereocenters. The van der Waals surface area contributed by atoms with E-state index in [0.717, 1.165) is 13.1 Å². The van der Waals surface area contributed by atoms with Crippen molar-refractivity contribution in [3.8, 4) is 0 Å². The van der Waals surface area contributed by atoms with Crippen LogP contribution < -0.4 is 10.9 Å². The van der Waals surface area contributed by atoms with Crippen LogP contribution in [-0.2, 0) is 6.54 Å². The van der Waals surface area contributed by atoms with Gasteiger partial charge in [0.1, 0.15) is 5.15 Å². The van der Waals surface area contributed by atoms with E-state index in [1.807, 2.05) is 0 Å². The maximum atomic E-state index is 11.9. The van der Waals surface area contributed by atoms with Crippen molar-refractivity contribution in [1.29, 1.82) is 0 Å². The Hall–Kier alpha value is -0.910. The van der Waals surface area contributed by atoms with Gasteiger partial charge in [0.15, 0.2) is 0 Å². The van der Waals surface area contributed by atoms with Gasteiger partial charge in [-0.2, -0.15) is 0 Å². The van der Waals surface area contributed by atoms with Crippen molar-refractivity contribution in [2.24, 2.45) is 0 Å². The molecule has 0 radical (unpaired) electrons. The predicted octanol–water partition coefficient (Wildman–Crippen LogP) is 0.320. The molecule has 94 valence electrons. The van der Waals surface area contributed by atoms with Crippen LogP contribution in [0.15, 0.2) is 11.1 Å². The summed E-state index contributed by atoms with van der Waals surface area (Å²) in [7, 11) is 0. The third kappa shape index (κ3) is 2.68. The lowest BCUT2D eigenvalue weighted by Crippen LogP contribution is -2.46. The SMILES string of the molecule is Cc1c(Cl)ncn(CC2(O)CCNCC2)c1=O. The molecule has 0 amide bonds. The third-order valence-electron chi connectivity index (χ3n) is 3.20. The summed E-state index contributed by atoms with van der Waals surface area (Å²) >= 11 is 5.77. The fourth-order valence-corrected chi connectivity index (χ4v) is 2.18. The summed E-state index contributed by atoms with van der Waals surface area (Å²) in [5, 5.41) is 13.8. The largest absolute Gasteiger partial charge is 0.388 e. The highest BCUT2D eigenvalue weighted by Gasteiger charge is 2.30. The lowest BCUT2D eigenvalue weighted by atomic mass is 9.92. The van der Waals surface area contributed by atoms with Gasteiger partial charge in [-0.25, -0.2) is 4.98 Å². The second kappa shape index (κ2) is 4.76. The van der Waals surface area contributed by atoms with E-state index in [2.05, 4.69) is 10.3 Å². The number of piperidine rings is 1. The zero-order valence-electron chi connectivity index (χ0n) is 9.74. The second-order valence-electron chi connectivity index (χ2n) is 4.57. The van der Waals surface area contributed by atoms with Crippen LogP contribution in [0.3, 0.4) is 0 Å². The van der Waals surface area contributed by atoms with Crippen LogP contribution in [0.5, 0.6) is 0 Å². The second-order valence-corrected chi connectivity index (χ2v) is 4.93. The molecule has 0 aromatic carbocycles. The minimum absolute atomic E-state index is 0.183. The van der Waals surface area contributed by atoms with Crippen LogP contribution >= 0.6 is 11.6 Å². The number of aromatic nitrogens is 2. The minimum atomic E-state index is -0.822. The molecule has 2 rings (SSSR count). The van der Waals surface area contributed by atoms with Gasteiger partial charge in [-0.15, -0.1) is 0 Å². The minimum Gasteiger partial charge on any atom is -0.388 e. The predicted molar refractivity (Wildman–Crippen MR) is 65.3 cm³/mol. The molecule has 1 aromatic heterocycles. The standard InChI is InChI=1S/C11H16ClN3O2/c1-8-9(12)14-7-15(10(8)16)6-11(17)2-4-13-5-3-11/h7,13,17H,2-6H2,1H3. The Morgan fingerprint density at radius 2 is 2.24 bits per heavy atom. The molecule has 0 bridgehead atoms. The molecule has 2 heterocycles. The van der Waals surface area contributed by atoms with Crippen LogP contribution in [0.1, 0.15) is 18.4 Å². The lowest BCUT2D eigenvalue weighted by Gasteiger charge is -2.32. The van der Waals surface area contributed by atoms with Crippen LogP contribution in [0.25, 0.3) is 0 Å². The smallest absolute Gasteiger partial charge is 0.257 e. The highest BCUT2D eigenvalue weighted by molar-refractivity contribution is 6.30. The molecule has 1 saturated heterocycles. The molecule has 0 saturated carbocycles. The highest BCUT2D eigenvalue weighted by Crippen LogP contribution is 2.19. The summed E-state index contributed by atoms with van der Waals surface area (Å²) in [6, 6.07) is 0. The average Bonchev–Trinajstić information content (AvgIpc) is 2.31. The fourth-order valence-electron chi connectivity index (χ4n) is 2.05. The van der Waals surface area contributed by atoms with E-state index in [9.17, 15) is 9.90 Å². The number of nitrogens with zero attached hydrogens (tertiary/aromatic N) is 2. The third-order valence-corrected chi connectivity index (χ3v) is 3.58. The van der Waals surface area contributed by atoms with E-state index in [-0.39, 0.29) is 17.3 Å². The lowest BCUT2D eigenvalue weighted by molar-refractivity contribution is -0.00645. The summed E-state index contributed by atoms with van der Waals surface area (Å²) < 4.78 is 1.44. The van der Waals surface area contributed by atoms with E-state index in [1.165, 1.54) is 10.9 Å². The van der Waals surface area contributed by atoms with Gasteiger partial charge in [0.05, 0.1) is 24.0 Å². The van der Waals surface area contributed by atoms with Crippen molar-refractivity contribution >= 4 is 11.6 Å². The van der Waals surface area contributed by atoms with Gasteiger partial charge in [0.25, 0.3) is 5.56 Å². The summed E-state index contributed by atoms with van der Waals surface area (Å²) in [6.45, 7) is 3.45.